The Morgan fingerprint density at radius 1 is 1.50 bits per heavy atom. The van der Waals surface area contributed by atoms with Gasteiger partial charge in [-0.1, -0.05) is 0 Å². The first-order valence-corrected chi connectivity index (χ1v) is 5.13. The van der Waals surface area contributed by atoms with Crippen LogP contribution in [0.5, 0.6) is 0 Å². The highest BCUT2D eigenvalue weighted by Crippen LogP contribution is 2.29. The van der Waals surface area contributed by atoms with Crippen LogP contribution in [0.4, 0.5) is 23.8 Å². The number of carbonyl (C=O) groups is 1. The van der Waals surface area contributed by atoms with Crippen molar-refractivity contribution < 1.29 is 22.7 Å². The zero-order chi connectivity index (χ0) is 13.3. The molecule has 1 fully saturated rings. The number of nitrogens with two attached hydrogens (primary N) is 1. The number of aromatic nitrogens is 1. The van der Waals surface area contributed by atoms with Crippen LogP contribution < -0.4 is 10.6 Å². The van der Waals surface area contributed by atoms with Gasteiger partial charge < -0.3 is 10.5 Å². The topological polar surface area (TPSA) is 68.5 Å². The molecule has 1 saturated heterocycles. The van der Waals surface area contributed by atoms with Crippen molar-refractivity contribution in [2.45, 2.75) is 12.3 Å². The van der Waals surface area contributed by atoms with Gasteiger partial charge in [-0.3, -0.25) is 4.90 Å². The lowest BCUT2D eigenvalue weighted by Gasteiger charge is -2.12. The fraction of sp³-hybridized carbons (Fsp3) is 0.400. The minimum Gasteiger partial charge on any atom is -0.443 e. The maximum absolute atomic E-state index is 12.3. The Morgan fingerprint density at radius 2 is 2.22 bits per heavy atom. The highest BCUT2D eigenvalue weighted by atomic mass is 19.4. The molecule has 0 spiro atoms. The van der Waals surface area contributed by atoms with Crippen molar-refractivity contribution >= 4 is 11.9 Å². The monoisotopic (exact) mass is 261 g/mol. The molecule has 0 saturated carbocycles. The highest BCUT2D eigenvalue weighted by Gasteiger charge is 2.34. The number of hydrogen-bond acceptors (Lipinski definition) is 4. The normalized spacial score (nSPS) is 20.1. The third-order valence-electron chi connectivity index (χ3n) is 2.49. The molecule has 0 radical (unpaired) electrons. The molecule has 1 atom stereocenters. The standard InChI is InChI=1S/C10H10F3N3O2/c11-10(12,13)6-1-2-8(15-4-6)16-5-7(3-14)18-9(16)17/h1-2,4,7H,3,5,14H2. The van der Waals surface area contributed by atoms with E-state index >= 15 is 0 Å². The lowest BCUT2D eigenvalue weighted by atomic mass is 10.2. The lowest BCUT2D eigenvalue weighted by molar-refractivity contribution is -0.137. The quantitative estimate of drug-likeness (QED) is 0.873. The first-order chi connectivity index (χ1) is 8.41. The molecular formula is C10H10F3N3O2. The average Bonchev–Trinajstić information content (AvgIpc) is 2.70. The Labute approximate surface area is 100 Å². The maximum atomic E-state index is 12.3. The van der Waals surface area contributed by atoms with Gasteiger partial charge in [0.1, 0.15) is 11.9 Å². The summed E-state index contributed by atoms with van der Waals surface area (Å²) in [5.41, 5.74) is 4.48. The Bertz CT molecular complexity index is 447. The number of pyridine rings is 1. The van der Waals surface area contributed by atoms with Crippen LogP contribution in [-0.2, 0) is 10.9 Å². The maximum Gasteiger partial charge on any atom is 0.417 e. The first-order valence-electron chi connectivity index (χ1n) is 5.13. The van der Waals surface area contributed by atoms with E-state index in [0.29, 0.717) is 6.20 Å². The number of amides is 1. The number of nitrogens with zero attached hydrogens (tertiary/aromatic N) is 2. The summed E-state index contributed by atoms with van der Waals surface area (Å²) in [6, 6.07) is 1.99. The van der Waals surface area contributed by atoms with Gasteiger partial charge in [-0.2, -0.15) is 13.2 Å². The number of rotatable bonds is 2. The van der Waals surface area contributed by atoms with Crippen LogP contribution in [0.15, 0.2) is 18.3 Å². The van der Waals surface area contributed by atoms with Crippen molar-refractivity contribution in [1.82, 2.24) is 4.98 Å². The van der Waals surface area contributed by atoms with E-state index in [0.717, 1.165) is 17.0 Å². The molecule has 0 bridgehead atoms. The van der Waals surface area contributed by atoms with Crippen LogP contribution in [0.2, 0.25) is 0 Å². The molecule has 2 rings (SSSR count). The highest BCUT2D eigenvalue weighted by molar-refractivity contribution is 5.88. The van der Waals surface area contributed by atoms with Gasteiger partial charge in [0.05, 0.1) is 12.1 Å². The number of cyclic esters (lactones) is 1. The molecule has 1 aliphatic rings. The number of ether oxygens (including phenoxy) is 1. The smallest absolute Gasteiger partial charge is 0.417 e. The summed E-state index contributed by atoms with van der Waals surface area (Å²) >= 11 is 0. The number of alkyl halides is 3. The molecule has 1 aliphatic heterocycles. The Hall–Kier alpha value is -1.83. The fourth-order valence-corrected chi connectivity index (χ4v) is 1.54. The molecule has 98 valence electrons. The fourth-order valence-electron chi connectivity index (χ4n) is 1.54. The Balaban J connectivity index is 2.18. The van der Waals surface area contributed by atoms with Crippen LogP contribution in [0, 0.1) is 0 Å². The van der Waals surface area contributed by atoms with E-state index in [1.54, 1.807) is 0 Å². The van der Waals surface area contributed by atoms with Gasteiger partial charge in [-0.05, 0) is 12.1 Å². The van der Waals surface area contributed by atoms with Gasteiger partial charge in [0.2, 0.25) is 0 Å². The largest absolute Gasteiger partial charge is 0.443 e. The van der Waals surface area contributed by atoms with E-state index < -0.39 is 23.9 Å². The molecule has 18 heavy (non-hydrogen) atoms. The molecule has 2 N–H and O–H groups in total. The van der Waals surface area contributed by atoms with Crippen molar-refractivity contribution in [3.63, 3.8) is 0 Å². The van der Waals surface area contributed by atoms with Crippen molar-refractivity contribution in [3.05, 3.63) is 23.9 Å². The third kappa shape index (κ3) is 2.37. The molecule has 1 unspecified atom stereocenters. The predicted octanol–water partition coefficient (Wildman–Crippen LogP) is 1.38. The second-order valence-corrected chi connectivity index (χ2v) is 3.75. The van der Waals surface area contributed by atoms with Crippen molar-refractivity contribution in [2.24, 2.45) is 5.73 Å². The van der Waals surface area contributed by atoms with Crippen molar-refractivity contribution in [3.8, 4) is 0 Å². The third-order valence-corrected chi connectivity index (χ3v) is 2.49. The molecule has 1 aromatic rings. The minimum atomic E-state index is -4.45. The zero-order valence-corrected chi connectivity index (χ0v) is 9.15. The molecule has 2 heterocycles. The van der Waals surface area contributed by atoms with Crippen LogP contribution in [0.25, 0.3) is 0 Å². The Morgan fingerprint density at radius 3 is 2.67 bits per heavy atom. The number of anilines is 1. The molecule has 0 aliphatic carbocycles. The van der Waals surface area contributed by atoms with Crippen LogP contribution in [0.3, 0.4) is 0 Å². The first kappa shape index (κ1) is 12.6. The Kier molecular flexibility index (Phi) is 3.12. The predicted molar refractivity (Wildman–Crippen MR) is 55.9 cm³/mol. The van der Waals surface area contributed by atoms with Crippen molar-refractivity contribution in [2.75, 3.05) is 18.0 Å². The van der Waals surface area contributed by atoms with Gasteiger partial charge in [0, 0.05) is 12.7 Å². The summed E-state index contributed by atoms with van der Waals surface area (Å²) in [6.07, 6.45) is -4.88. The van der Waals surface area contributed by atoms with Gasteiger partial charge in [-0.25, -0.2) is 9.78 Å². The summed E-state index contributed by atoms with van der Waals surface area (Å²) in [7, 11) is 0. The second kappa shape index (κ2) is 4.45. The summed E-state index contributed by atoms with van der Waals surface area (Å²) in [4.78, 5) is 16.2. The minimum absolute atomic E-state index is 0.115. The van der Waals surface area contributed by atoms with Gasteiger partial charge in [0.15, 0.2) is 0 Å². The van der Waals surface area contributed by atoms with Crippen molar-refractivity contribution in [1.29, 1.82) is 0 Å². The summed E-state index contributed by atoms with van der Waals surface area (Å²) in [5, 5.41) is 0. The SMILES string of the molecule is NCC1CN(c2ccc(C(F)(F)F)cn2)C(=O)O1. The molecule has 0 aromatic carbocycles. The van der Waals surface area contributed by atoms with Gasteiger partial charge in [0.25, 0.3) is 0 Å². The number of halogens is 3. The second-order valence-electron chi connectivity index (χ2n) is 3.75. The van der Waals surface area contributed by atoms with E-state index in [4.69, 9.17) is 10.5 Å². The van der Waals surface area contributed by atoms with E-state index in [1.165, 1.54) is 0 Å². The number of carbonyl (C=O) groups excluding carboxylic acids is 1. The average molecular weight is 261 g/mol. The molecular weight excluding hydrogens is 251 g/mol. The van der Waals surface area contributed by atoms with Crippen LogP contribution in [0.1, 0.15) is 5.56 Å². The van der Waals surface area contributed by atoms with E-state index in [-0.39, 0.29) is 18.9 Å². The summed E-state index contributed by atoms with van der Waals surface area (Å²) in [6.45, 7) is 0.344. The van der Waals surface area contributed by atoms with E-state index in [2.05, 4.69) is 4.98 Å². The summed E-state index contributed by atoms with van der Waals surface area (Å²) in [5.74, 6) is 0.115. The molecule has 8 heteroatoms. The van der Waals surface area contributed by atoms with Crippen LogP contribution >= 0.6 is 0 Å². The van der Waals surface area contributed by atoms with Gasteiger partial charge >= 0.3 is 12.3 Å². The zero-order valence-electron chi connectivity index (χ0n) is 9.15. The van der Waals surface area contributed by atoms with E-state index in [9.17, 15) is 18.0 Å². The molecule has 1 amide bonds. The van der Waals surface area contributed by atoms with Gasteiger partial charge in [-0.15, -0.1) is 0 Å². The number of hydrogen-bond donors (Lipinski definition) is 1. The van der Waals surface area contributed by atoms with Crippen LogP contribution in [-0.4, -0.2) is 30.3 Å². The van der Waals surface area contributed by atoms with E-state index in [1.807, 2.05) is 0 Å². The lowest BCUT2D eigenvalue weighted by Crippen LogP contribution is -2.28. The molecule has 1 aromatic heterocycles. The summed E-state index contributed by atoms with van der Waals surface area (Å²) < 4.78 is 41.9. The molecule has 5 nitrogen and oxygen atoms in total.